The minimum Gasteiger partial charge on any atom is -0.497 e. The van der Waals surface area contributed by atoms with Crippen molar-refractivity contribution in [3.05, 3.63) is 77.2 Å². The zero-order valence-electron chi connectivity index (χ0n) is 20.0. The number of aromatic nitrogens is 1. The quantitative estimate of drug-likeness (QED) is 0.394. The lowest BCUT2D eigenvalue weighted by Crippen LogP contribution is -2.50. The van der Waals surface area contributed by atoms with Crippen LogP contribution >= 0.6 is 0 Å². The topological polar surface area (TPSA) is 101 Å². The zero-order valence-corrected chi connectivity index (χ0v) is 20.0. The maximum absolute atomic E-state index is 14.7. The van der Waals surface area contributed by atoms with Gasteiger partial charge in [-0.1, -0.05) is 0 Å². The molecule has 0 spiro atoms. The van der Waals surface area contributed by atoms with Crippen LogP contribution in [-0.2, 0) is 9.53 Å². The molecule has 2 heterocycles. The fraction of sp³-hybridized carbons (Fsp3) is 0.333. The number of amides is 1. The van der Waals surface area contributed by atoms with E-state index in [4.69, 9.17) is 9.47 Å². The van der Waals surface area contributed by atoms with E-state index in [2.05, 4.69) is 10.3 Å². The van der Waals surface area contributed by atoms with E-state index < -0.39 is 54.3 Å². The third-order valence-corrected chi connectivity index (χ3v) is 6.38. The third-order valence-electron chi connectivity index (χ3n) is 6.38. The minimum atomic E-state index is -1.21. The minimum absolute atomic E-state index is 0.0587. The van der Waals surface area contributed by atoms with Crippen LogP contribution < -0.4 is 10.1 Å². The summed E-state index contributed by atoms with van der Waals surface area (Å²) in [4.78, 5) is 16.4. The Balaban J connectivity index is 1.40. The van der Waals surface area contributed by atoms with Gasteiger partial charge in [0, 0.05) is 29.0 Å². The lowest BCUT2D eigenvalue weighted by atomic mass is 9.92. The molecule has 1 amide bonds. The van der Waals surface area contributed by atoms with Gasteiger partial charge < -0.3 is 25.0 Å². The molecule has 1 saturated heterocycles. The Bertz CT molecular complexity index is 1300. The van der Waals surface area contributed by atoms with Gasteiger partial charge in [0.15, 0.2) is 0 Å². The molecule has 4 atom stereocenters. The maximum Gasteiger partial charge on any atom is 0.244 e. The van der Waals surface area contributed by atoms with Gasteiger partial charge in [0.2, 0.25) is 5.91 Å². The summed E-state index contributed by atoms with van der Waals surface area (Å²) in [5, 5.41) is 23.9. The number of carbonyl (C=O) groups is 1. The molecule has 1 aliphatic rings. The third kappa shape index (κ3) is 6.27. The molecule has 0 saturated carbocycles. The molecule has 37 heavy (non-hydrogen) atoms. The average molecular weight is 517 g/mol. The van der Waals surface area contributed by atoms with E-state index in [1.165, 1.54) is 7.11 Å². The van der Waals surface area contributed by atoms with Crippen molar-refractivity contribution in [2.75, 3.05) is 13.7 Å². The first-order valence-corrected chi connectivity index (χ1v) is 11.8. The summed E-state index contributed by atoms with van der Waals surface area (Å²) < 4.78 is 52.9. The van der Waals surface area contributed by atoms with E-state index in [1.807, 2.05) is 0 Å². The van der Waals surface area contributed by atoms with Crippen molar-refractivity contribution in [3.8, 4) is 5.75 Å². The smallest absolute Gasteiger partial charge is 0.244 e. The zero-order chi connectivity index (χ0) is 26.5. The van der Waals surface area contributed by atoms with Gasteiger partial charge in [-0.3, -0.25) is 9.78 Å². The van der Waals surface area contributed by atoms with Crippen molar-refractivity contribution in [2.45, 2.75) is 43.6 Å². The summed E-state index contributed by atoms with van der Waals surface area (Å²) in [6.45, 7) is -0.399. The first kappa shape index (κ1) is 26.6. The maximum atomic E-state index is 14.7. The van der Waals surface area contributed by atoms with Gasteiger partial charge >= 0.3 is 0 Å². The fourth-order valence-corrected chi connectivity index (χ4v) is 4.51. The number of nitrogens with zero attached hydrogens (tertiary/aromatic N) is 1. The Morgan fingerprint density at radius 2 is 2.03 bits per heavy atom. The highest BCUT2D eigenvalue weighted by atomic mass is 19.1. The number of aliphatic hydroxyl groups excluding tert-OH is 2. The lowest BCUT2D eigenvalue weighted by Gasteiger charge is -2.36. The second-order valence-corrected chi connectivity index (χ2v) is 8.83. The van der Waals surface area contributed by atoms with E-state index in [9.17, 15) is 28.2 Å². The van der Waals surface area contributed by atoms with Crippen LogP contribution in [0.15, 0.2) is 48.7 Å². The van der Waals surface area contributed by atoms with E-state index in [1.54, 1.807) is 18.2 Å². The predicted molar refractivity (Wildman–Crippen MR) is 130 cm³/mol. The van der Waals surface area contributed by atoms with Crippen molar-refractivity contribution in [3.63, 3.8) is 0 Å². The van der Waals surface area contributed by atoms with Gasteiger partial charge in [0.05, 0.1) is 43.7 Å². The molecule has 2 aromatic carbocycles. The molecule has 3 N–H and O–H groups in total. The molecule has 4 rings (SSSR count). The molecule has 10 heteroatoms. The molecule has 1 aliphatic heterocycles. The number of rotatable bonds is 8. The molecular formula is C27H27F3N2O5. The van der Waals surface area contributed by atoms with Crippen molar-refractivity contribution in [1.82, 2.24) is 10.3 Å². The van der Waals surface area contributed by atoms with Crippen LogP contribution in [0.1, 0.15) is 36.5 Å². The van der Waals surface area contributed by atoms with E-state index in [-0.39, 0.29) is 17.5 Å². The van der Waals surface area contributed by atoms with E-state index in [0.717, 1.165) is 36.5 Å². The van der Waals surface area contributed by atoms with Crippen LogP contribution in [0.25, 0.3) is 17.0 Å². The van der Waals surface area contributed by atoms with Gasteiger partial charge in [-0.2, -0.15) is 0 Å². The highest BCUT2D eigenvalue weighted by molar-refractivity contribution is 5.92. The number of methoxy groups -OCH3 is 1. The van der Waals surface area contributed by atoms with Gasteiger partial charge in [0.25, 0.3) is 0 Å². The Morgan fingerprint density at radius 1 is 1.22 bits per heavy atom. The summed E-state index contributed by atoms with van der Waals surface area (Å²) in [6.07, 6.45) is 1.71. The summed E-state index contributed by atoms with van der Waals surface area (Å²) in [5.74, 6) is -2.02. The number of halogens is 3. The number of benzene rings is 2. The molecule has 7 nitrogen and oxygen atoms in total. The van der Waals surface area contributed by atoms with Crippen LogP contribution in [0.3, 0.4) is 0 Å². The average Bonchev–Trinajstić information content (AvgIpc) is 2.89. The first-order valence-electron chi connectivity index (χ1n) is 11.8. The highest BCUT2D eigenvalue weighted by Gasteiger charge is 2.33. The van der Waals surface area contributed by atoms with E-state index in [0.29, 0.717) is 29.5 Å². The Hall–Kier alpha value is -3.47. The van der Waals surface area contributed by atoms with Gasteiger partial charge in [0.1, 0.15) is 29.3 Å². The van der Waals surface area contributed by atoms with Crippen molar-refractivity contribution >= 4 is 22.9 Å². The number of nitrogens with one attached hydrogen (secondary N) is 1. The van der Waals surface area contributed by atoms with Crippen molar-refractivity contribution < 1.29 is 37.7 Å². The highest BCUT2D eigenvalue weighted by Crippen LogP contribution is 2.33. The van der Waals surface area contributed by atoms with Crippen molar-refractivity contribution in [2.24, 2.45) is 0 Å². The standard InChI is InChI=1S/C27H27F3N2O5/c1-36-17-4-7-22-19(11-17)27(21(30)13-31-22)24(34)12-18-5-8-23(25(14-33)37-18)32-26(35)9-2-15-10-16(28)3-6-20(15)29/h2-4,6-7,9-11,13,18,23-25,33-34H,5,8,12,14H2,1H3,(H,32,35)/b9-2+/t18-,23+,24?,25+/m0/s1. The van der Waals surface area contributed by atoms with Gasteiger partial charge in [-0.25, -0.2) is 13.2 Å². The number of carbonyl (C=O) groups excluding carboxylic acids is 1. The Morgan fingerprint density at radius 3 is 2.78 bits per heavy atom. The second-order valence-electron chi connectivity index (χ2n) is 8.83. The number of ether oxygens (including phenoxy) is 2. The SMILES string of the molecule is COc1ccc2ncc(F)c(C(O)C[C@@H]3CC[C@@H](NC(=O)/C=C/c4cc(F)ccc4F)[C@@H](CO)O3)c2c1. The molecule has 196 valence electrons. The number of pyridine rings is 1. The molecule has 0 aliphatic carbocycles. The number of hydrogen-bond acceptors (Lipinski definition) is 6. The molecule has 0 radical (unpaired) electrons. The monoisotopic (exact) mass is 516 g/mol. The Labute approximate surface area is 211 Å². The van der Waals surface area contributed by atoms with Crippen molar-refractivity contribution in [1.29, 1.82) is 0 Å². The fourth-order valence-electron chi connectivity index (χ4n) is 4.51. The summed E-state index contributed by atoms with van der Waals surface area (Å²) in [6, 6.07) is 7.35. The van der Waals surface area contributed by atoms with Gasteiger partial charge in [-0.15, -0.1) is 0 Å². The second kappa shape index (κ2) is 11.7. The first-order chi connectivity index (χ1) is 17.8. The summed E-state index contributed by atoms with van der Waals surface area (Å²) in [7, 11) is 1.49. The molecule has 1 aromatic heterocycles. The number of hydrogen-bond donors (Lipinski definition) is 3. The lowest BCUT2D eigenvalue weighted by molar-refractivity contribution is -0.126. The molecule has 0 bridgehead atoms. The molecular weight excluding hydrogens is 489 g/mol. The molecule has 1 unspecified atom stereocenters. The van der Waals surface area contributed by atoms with Crippen LogP contribution in [-0.4, -0.2) is 53.1 Å². The molecule has 3 aromatic rings. The largest absolute Gasteiger partial charge is 0.497 e. The summed E-state index contributed by atoms with van der Waals surface area (Å²) in [5.41, 5.74) is 0.512. The van der Waals surface area contributed by atoms with Crippen LogP contribution in [0.5, 0.6) is 5.75 Å². The summed E-state index contributed by atoms with van der Waals surface area (Å²) >= 11 is 0. The van der Waals surface area contributed by atoms with E-state index >= 15 is 0 Å². The van der Waals surface area contributed by atoms with Crippen LogP contribution in [0.2, 0.25) is 0 Å². The predicted octanol–water partition coefficient (Wildman–Crippen LogP) is 3.82. The van der Waals surface area contributed by atoms with Gasteiger partial charge in [-0.05, 0) is 55.3 Å². The number of fused-ring (bicyclic) bond motifs is 1. The van der Waals surface area contributed by atoms with Crippen LogP contribution in [0.4, 0.5) is 13.2 Å². The van der Waals surface area contributed by atoms with Crippen LogP contribution in [0, 0.1) is 17.5 Å². The molecule has 1 fully saturated rings. The Kier molecular flexibility index (Phi) is 8.42. The number of aliphatic hydroxyl groups is 2. The normalized spacial score (nSPS) is 20.8.